The van der Waals surface area contributed by atoms with E-state index in [1.54, 1.807) is 0 Å². The third-order valence-electron chi connectivity index (χ3n) is 8.25. The zero-order chi connectivity index (χ0) is 40.0. The number of ether oxygens (including phenoxy) is 2. The van der Waals surface area contributed by atoms with Gasteiger partial charge < -0.3 is 27.9 Å². The van der Waals surface area contributed by atoms with Crippen molar-refractivity contribution in [2.75, 3.05) is 47.5 Å². The van der Waals surface area contributed by atoms with Crippen molar-refractivity contribution in [2.45, 2.75) is 148 Å². The van der Waals surface area contributed by atoms with Crippen LogP contribution in [0.1, 0.15) is 142 Å². The summed E-state index contributed by atoms with van der Waals surface area (Å²) in [5, 5.41) is 0. The molecule has 0 N–H and O–H groups in total. The lowest BCUT2D eigenvalue weighted by molar-refractivity contribution is -0.870. The van der Waals surface area contributed by atoms with Crippen LogP contribution < -0.4 is 4.89 Å². The van der Waals surface area contributed by atoms with Crippen molar-refractivity contribution in [3.05, 3.63) is 72.9 Å². The SMILES string of the molecule is CC/C=C/C/C=C/C/C=C/C/C=C/C/C=C/C/C=C/CCC(=O)O[C@H](COC(=O)CCCCCCCCCCCCC)COP(=O)([O-])OCC[N+](C)(C)C. The molecule has 1 unspecified atom stereocenters. The van der Waals surface area contributed by atoms with E-state index in [-0.39, 0.29) is 26.1 Å². The molecule has 9 nitrogen and oxygen atoms in total. The van der Waals surface area contributed by atoms with Crippen LogP contribution in [-0.2, 0) is 32.7 Å². The van der Waals surface area contributed by atoms with Crippen molar-refractivity contribution in [1.82, 2.24) is 0 Å². The molecule has 0 aromatic rings. The Morgan fingerprint density at radius 3 is 1.54 bits per heavy atom. The van der Waals surface area contributed by atoms with E-state index >= 15 is 0 Å². The Morgan fingerprint density at radius 2 is 1.06 bits per heavy atom. The number of quaternary nitrogens is 1. The standard InChI is InChI=1S/C44H76NO8P/c1-6-8-10-12-14-16-18-19-20-21-22-23-24-25-27-29-31-33-35-37-44(47)53-42(41-52-54(48,49)51-39-38-45(3,4)5)40-50-43(46)36-34-32-30-28-26-17-15-13-11-9-7-2/h8,10,14,16,19-20,22-23,25,27,31,33,42H,6-7,9,11-13,15,17-18,21,24,26,28-30,32,34-41H2,1-5H3/b10-8+,16-14+,20-19+,23-22+,27-25+,33-31+/t42-/m1/s1. The molecule has 0 amide bonds. The molecule has 0 bridgehead atoms. The molecule has 0 spiro atoms. The first kappa shape index (κ1) is 51.5. The molecule has 0 saturated heterocycles. The fourth-order valence-electron chi connectivity index (χ4n) is 5.03. The van der Waals surface area contributed by atoms with E-state index in [4.69, 9.17) is 18.5 Å². The van der Waals surface area contributed by atoms with E-state index < -0.39 is 32.5 Å². The number of nitrogens with zero attached hydrogens (tertiary/aromatic N) is 1. The maximum absolute atomic E-state index is 12.6. The average Bonchev–Trinajstić information content (AvgIpc) is 3.12. The molecule has 0 aliphatic carbocycles. The van der Waals surface area contributed by atoms with Crippen LogP contribution >= 0.6 is 7.82 Å². The van der Waals surface area contributed by atoms with Crippen LogP contribution in [0.2, 0.25) is 0 Å². The minimum atomic E-state index is -4.64. The lowest BCUT2D eigenvalue weighted by Crippen LogP contribution is -2.37. The van der Waals surface area contributed by atoms with Crippen LogP contribution in [0.25, 0.3) is 0 Å². The first-order valence-electron chi connectivity index (χ1n) is 20.6. The molecule has 0 aliphatic rings. The van der Waals surface area contributed by atoms with Gasteiger partial charge in [-0.2, -0.15) is 0 Å². The number of carbonyl (C=O) groups is 2. The smallest absolute Gasteiger partial charge is 0.306 e. The number of hydrogen-bond acceptors (Lipinski definition) is 8. The van der Waals surface area contributed by atoms with Crippen LogP contribution in [0, 0.1) is 0 Å². The largest absolute Gasteiger partial charge is 0.756 e. The van der Waals surface area contributed by atoms with Crippen molar-refractivity contribution in [3.8, 4) is 0 Å². The summed E-state index contributed by atoms with van der Waals surface area (Å²) in [6.45, 7) is 3.99. The zero-order valence-electron chi connectivity index (χ0n) is 34.6. The van der Waals surface area contributed by atoms with E-state index in [0.717, 1.165) is 57.8 Å². The fraction of sp³-hybridized carbons (Fsp3) is 0.682. The van der Waals surface area contributed by atoms with Gasteiger partial charge in [-0.1, -0.05) is 151 Å². The molecule has 0 aliphatic heterocycles. The average molecular weight is 778 g/mol. The molecule has 0 heterocycles. The minimum Gasteiger partial charge on any atom is -0.756 e. The number of phosphoric acid groups is 1. The van der Waals surface area contributed by atoms with Crippen molar-refractivity contribution in [1.29, 1.82) is 0 Å². The van der Waals surface area contributed by atoms with Gasteiger partial charge in [-0.05, 0) is 51.4 Å². The second-order valence-corrected chi connectivity index (χ2v) is 16.0. The topological polar surface area (TPSA) is 111 Å². The summed E-state index contributed by atoms with van der Waals surface area (Å²) in [5.74, 6) is -0.939. The third-order valence-corrected chi connectivity index (χ3v) is 9.22. The monoisotopic (exact) mass is 778 g/mol. The van der Waals surface area contributed by atoms with E-state index in [2.05, 4.69) is 74.6 Å². The fourth-order valence-corrected chi connectivity index (χ4v) is 5.76. The number of rotatable bonds is 36. The Bertz CT molecular complexity index is 1150. The normalized spacial score (nSPS) is 14.4. The van der Waals surface area contributed by atoms with Crippen molar-refractivity contribution in [3.63, 3.8) is 0 Å². The predicted octanol–water partition coefficient (Wildman–Crippen LogP) is 10.8. The molecule has 310 valence electrons. The van der Waals surface area contributed by atoms with E-state index in [0.29, 0.717) is 17.4 Å². The molecule has 0 radical (unpaired) electrons. The number of hydrogen-bond donors (Lipinski definition) is 0. The molecule has 0 saturated carbocycles. The highest BCUT2D eigenvalue weighted by Gasteiger charge is 2.21. The van der Waals surface area contributed by atoms with Crippen molar-refractivity contribution >= 4 is 19.8 Å². The maximum atomic E-state index is 12.6. The number of esters is 2. The van der Waals surface area contributed by atoms with Gasteiger partial charge in [-0.25, -0.2) is 0 Å². The van der Waals surface area contributed by atoms with Crippen LogP contribution in [0.5, 0.6) is 0 Å². The number of likely N-dealkylation sites (N-methyl/N-ethyl adjacent to an activating group) is 1. The predicted molar refractivity (Wildman–Crippen MR) is 222 cm³/mol. The van der Waals surface area contributed by atoms with Crippen LogP contribution in [-0.4, -0.2) is 70.0 Å². The van der Waals surface area contributed by atoms with Crippen molar-refractivity contribution in [2.24, 2.45) is 0 Å². The lowest BCUT2D eigenvalue weighted by Gasteiger charge is -2.28. The summed E-state index contributed by atoms with van der Waals surface area (Å²) in [4.78, 5) is 37.4. The minimum absolute atomic E-state index is 0.0470. The second kappa shape index (κ2) is 36.1. The van der Waals surface area contributed by atoms with E-state index in [1.807, 2.05) is 33.3 Å². The maximum Gasteiger partial charge on any atom is 0.306 e. The Morgan fingerprint density at radius 1 is 0.593 bits per heavy atom. The van der Waals surface area contributed by atoms with Crippen LogP contribution in [0.15, 0.2) is 72.9 Å². The summed E-state index contributed by atoms with van der Waals surface area (Å²) in [7, 11) is 1.11. The van der Waals surface area contributed by atoms with E-state index in [9.17, 15) is 19.0 Å². The van der Waals surface area contributed by atoms with Gasteiger partial charge in [0.25, 0.3) is 7.82 Å². The van der Waals surface area contributed by atoms with Gasteiger partial charge in [-0.3, -0.25) is 14.2 Å². The lowest BCUT2D eigenvalue weighted by atomic mass is 10.1. The molecule has 0 rings (SSSR count). The molecule has 0 fully saturated rings. The van der Waals surface area contributed by atoms with Gasteiger partial charge in [0, 0.05) is 12.8 Å². The molecular formula is C44H76NO8P. The van der Waals surface area contributed by atoms with Gasteiger partial charge in [0.2, 0.25) is 0 Å². The van der Waals surface area contributed by atoms with Gasteiger partial charge >= 0.3 is 11.9 Å². The first-order chi connectivity index (χ1) is 26.0. The quantitative estimate of drug-likeness (QED) is 0.0203. The van der Waals surface area contributed by atoms with Gasteiger partial charge in [-0.15, -0.1) is 0 Å². The first-order valence-corrected chi connectivity index (χ1v) is 22.1. The third kappa shape index (κ3) is 39.2. The summed E-state index contributed by atoms with van der Waals surface area (Å²) >= 11 is 0. The van der Waals surface area contributed by atoms with Gasteiger partial charge in [0.1, 0.15) is 19.8 Å². The summed E-state index contributed by atoms with van der Waals surface area (Å²) < 4.78 is 33.7. The highest BCUT2D eigenvalue weighted by atomic mass is 31.2. The van der Waals surface area contributed by atoms with Gasteiger partial charge in [0.05, 0.1) is 27.7 Å². The Hall–Kier alpha value is -2.55. The van der Waals surface area contributed by atoms with Crippen LogP contribution in [0.3, 0.4) is 0 Å². The second-order valence-electron chi connectivity index (χ2n) is 14.6. The zero-order valence-corrected chi connectivity index (χ0v) is 35.5. The highest BCUT2D eigenvalue weighted by Crippen LogP contribution is 2.38. The number of allylic oxidation sites excluding steroid dienone is 12. The molecular weight excluding hydrogens is 701 g/mol. The number of phosphoric ester groups is 1. The Kier molecular flexibility index (Phi) is 34.4. The Balaban J connectivity index is 4.54. The molecule has 0 aromatic carbocycles. The molecule has 10 heteroatoms. The molecule has 54 heavy (non-hydrogen) atoms. The molecule has 2 atom stereocenters. The van der Waals surface area contributed by atoms with Crippen LogP contribution in [0.4, 0.5) is 0 Å². The van der Waals surface area contributed by atoms with Crippen molar-refractivity contribution < 1.29 is 42.1 Å². The van der Waals surface area contributed by atoms with Gasteiger partial charge in [0.15, 0.2) is 6.10 Å². The Labute approximate surface area is 329 Å². The van der Waals surface area contributed by atoms with E-state index in [1.165, 1.54) is 51.4 Å². The summed E-state index contributed by atoms with van der Waals surface area (Å²) in [6, 6.07) is 0. The summed E-state index contributed by atoms with van der Waals surface area (Å²) in [5.41, 5.74) is 0. The highest BCUT2D eigenvalue weighted by molar-refractivity contribution is 7.45. The summed E-state index contributed by atoms with van der Waals surface area (Å²) in [6.07, 6.45) is 43.8. The molecule has 0 aromatic heterocycles. The number of unbranched alkanes of at least 4 members (excludes halogenated alkanes) is 10. The number of carbonyl (C=O) groups excluding carboxylic acids is 2.